The predicted molar refractivity (Wildman–Crippen MR) is 127 cm³/mol. The fourth-order valence-electron chi connectivity index (χ4n) is 2.93. The molecule has 0 fully saturated rings. The van der Waals surface area contributed by atoms with E-state index in [9.17, 15) is 0 Å². The molecule has 0 unspecified atom stereocenters. The molecule has 2 rings (SSSR count). The highest BCUT2D eigenvalue weighted by Gasteiger charge is 2.39. The molecule has 1 N–H and O–H groups in total. The molecular weight excluding hydrogens is 465 g/mol. The van der Waals surface area contributed by atoms with Gasteiger partial charge in [0.25, 0.3) is 0 Å². The van der Waals surface area contributed by atoms with Crippen LogP contribution in [-0.2, 0) is 13.3 Å². The molecule has 5 nitrogen and oxygen atoms in total. The molecule has 166 valence electrons. The third-order valence-corrected chi connectivity index (χ3v) is 8.04. The molecule has 0 aliphatic carbocycles. The fraction of sp³-hybridized carbons (Fsp3) is 0.429. The van der Waals surface area contributed by atoms with Crippen LogP contribution in [0.25, 0.3) is 0 Å². The minimum Gasteiger partial charge on any atom is -0.454 e. The molecular formula is C21H28Cl3NO4Si. The first-order valence-corrected chi connectivity index (χ1v) is 13.1. The molecule has 0 spiro atoms. The lowest BCUT2D eigenvalue weighted by Crippen LogP contribution is -2.46. The van der Waals surface area contributed by atoms with Crippen molar-refractivity contribution in [3.63, 3.8) is 0 Å². The molecule has 2 aromatic rings. The van der Waals surface area contributed by atoms with Crippen LogP contribution in [0, 0.1) is 0 Å². The Morgan fingerprint density at radius 3 is 1.93 bits per heavy atom. The van der Waals surface area contributed by atoms with Crippen molar-refractivity contribution >= 4 is 49.3 Å². The molecule has 30 heavy (non-hydrogen) atoms. The SMILES string of the molecule is CCO[Si](CCCNc1cc(Cl)ccc1Oc1ccc(Cl)cc1Cl)(OCC)OCC. The maximum Gasteiger partial charge on any atom is 0.500 e. The summed E-state index contributed by atoms with van der Waals surface area (Å²) in [7, 11) is -2.66. The molecule has 0 saturated heterocycles. The van der Waals surface area contributed by atoms with Gasteiger partial charge in [-0.2, -0.15) is 0 Å². The van der Waals surface area contributed by atoms with Gasteiger partial charge in [-0.3, -0.25) is 0 Å². The number of anilines is 1. The number of ether oxygens (including phenoxy) is 1. The molecule has 2 aromatic carbocycles. The standard InChI is InChI=1S/C21H28Cl3NO4Si/c1-4-26-30(27-5-2,28-6-3)13-7-12-25-19-15-17(23)9-11-21(19)29-20-10-8-16(22)14-18(20)24/h8-11,14-15,25H,4-7,12-13H2,1-3H3. The van der Waals surface area contributed by atoms with Gasteiger partial charge in [0, 0.05) is 42.5 Å². The van der Waals surface area contributed by atoms with Crippen molar-refractivity contribution in [3.8, 4) is 11.5 Å². The van der Waals surface area contributed by atoms with Crippen molar-refractivity contribution < 1.29 is 18.0 Å². The monoisotopic (exact) mass is 491 g/mol. The van der Waals surface area contributed by atoms with Gasteiger partial charge in [0.15, 0.2) is 5.75 Å². The Bertz CT molecular complexity index is 793. The molecule has 9 heteroatoms. The van der Waals surface area contributed by atoms with Crippen LogP contribution in [0.5, 0.6) is 11.5 Å². The quantitative estimate of drug-likeness (QED) is 0.235. The summed E-state index contributed by atoms with van der Waals surface area (Å²) in [5.74, 6) is 1.13. The largest absolute Gasteiger partial charge is 0.500 e. The molecule has 0 bridgehead atoms. The van der Waals surface area contributed by atoms with E-state index in [-0.39, 0.29) is 0 Å². The highest BCUT2D eigenvalue weighted by molar-refractivity contribution is 6.60. The maximum atomic E-state index is 6.24. The summed E-state index contributed by atoms with van der Waals surface area (Å²) >= 11 is 18.4. The number of rotatable bonds is 13. The summed E-state index contributed by atoms with van der Waals surface area (Å²) in [5, 5.41) is 4.97. The van der Waals surface area contributed by atoms with Gasteiger partial charge in [0.1, 0.15) is 5.75 Å². The van der Waals surface area contributed by atoms with Gasteiger partial charge < -0.3 is 23.3 Å². The average Bonchev–Trinajstić information content (AvgIpc) is 2.69. The zero-order valence-electron chi connectivity index (χ0n) is 17.5. The van der Waals surface area contributed by atoms with E-state index >= 15 is 0 Å². The Morgan fingerprint density at radius 2 is 1.37 bits per heavy atom. The zero-order valence-corrected chi connectivity index (χ0v) is 20.7. The molecule has 0 amide bonds. The van der Waals surface area contributed by atoms with Gasteiger partial charge in [-0.15, -0.1) is 0 Å². The van der Waals surface area contributed by atoms with Crippen molar-refractivity contribution in [3.05, 3.63) is 51.5 Å². The zero-order chi connectivity index (χ0) is 22.0. The third kappa shape index (κ3) is 7.61. The molecule has 0 saturated carbocycles. The predicted octanol–water partition coefficient (Wildman–Crippen LogP) is 7.29. The van der Waals surface area contributed by atoms with Crippen LogP contribution in [0.15, 0.2) is 36.4 Å². The average molecular weight is 493 g/mol. The van der Waals surface area contributed by atoms with E-state index in [4.69, 9.17) is 52.8 Å². The second-order valence-electron chi connectivity index (χ2n) is 6.33. The van der Waals surface area contributed by atoms with Gasteiger partial charge in [-0.05, 0) is 63.6 Å². The summed E-state index contributed by atoms with van der Waals surface area (Å²) in [6.45, 7) is 8.23. The van der Waals surface area contributed by atoms with Crippen molar-refractivity contribution in [2.24, 2.45) is 0 Å². The Balaban J connectivity index is 2.04. The minimum atomic E-state index is -2.66. The van der Waals surface area contributed by atoms with E-state index in [0.29, 0.717) is 52.9 Å². The molecule has 0 aliphatic rings. The topological polar surface area (TPSA) is 49.0 Å². The van der Waals surface area contributed by atoms with E-state index in [0.717, 1.165) is 18.2 Å². The van der Waals surface area contributed by atoms with Crippen molar-refractivity contribution in [1.82, 2.24) is 0 Å². The molecule has 0 atom stereocenters. The van der Waals surface area contributed by atoms with E-state index in [1.54, 1.807) is 30.3 Å². The van der Waals surface area contributed by atoms with E-state index < -0.39 is 8.80 Å². The van der Waals surface area contributed by atoms with Crippen LogP contribution in [0.4, 0.5) is 5.69 Å². The highest BCUT2D eigenvalue weighted by atomic mass is 35.5. The number of nitrogens with one attached hydrogen (secondary N) is 1. The first-order valence-electron chi connectivity index (χ1n) is 10.0. The molecule has 0 aromatic heterocycles. The Kier molecular flexibility index (Phi) is 10.8. The van der Waals surface area contributed by atoms with Gasteiger partial charge >= 0.3 is 8.80 Å². The number of hydrogen-bond donors (Lipinski definition) is 1. The van der Waals surface area contributed by atoms with Crippen LogP contribution in [0.2, 0.25) is 21.1 Å². The van der Waals surface area contributed by atoms with E-state index in [1.165, 1.54) is 0 Å². The maximum absolute atomic E-state index is 6.24. The summed E-state index contributed by atoms with van der Waals surface area (Å²) in [5.41, 5.74) is 0.769. The van der Waals surface area contributed by atoms with Gasteiger partial charge in [0.2, 0.25) is 0 Å². The van der Waals surface area contributed by atoms with Gasteiger partial charge in [-0.1, -0.05) is 34.8 Å². The lowest BCUT2D eigenvalue weighted by molar-refractivity contribution is 0.0710. The summed E-state index contributed by atoms with van der Waals surface area (Å²) in [6, 6.07) is 11.2. The van der Waals surface area contributed by atoms with Crippen LogP contribution in [-0.4, -0.2) is 35.2 Å². The van der Waals surface area contributed by atoms with E-state index in [2.05, 4.69) is 5.32 Å². The number of hydrogen-bond acceptors (Lipinski definition) is 5. The number of halogens is 3. The van der Waals surface area contributed by atoms with Crippen molar-refractivity contribution in [2.45, 2.75) is 33.2 Å². The summed E-state index contributed by atoms with van der Waals surface area (Å²) < 4.78 is 23.7. The van der Waals surface area contributed by atoms with Crippen LogP contribution >= 0.6 is 34.8 Å². The molecule has 0 heterocycles. The first kappa shape index (κ1) is 25.3. The second kappa shape index (κ2) is 12.8. The lowest BCUT2D eigenvalue weighted by Gasteiger charge is -2.28. The molecule has 0 radical (unpaired) electrons. The van der Waals surface area contributed by atoms with Crippen molar-refractivity contribution in [2.75, 3.05) is 31.7 Å². The van der Waals surface area contributed by atoms with E-state index in [1.807, 2.05) is 26.8 Å². The Labute approximate surface area is 194 Å². The Morgan fingerprint density at radius 1 is 0.800 bits per heavy atom. The summed E-state index contributed by atoms with van der Waals surface area (Å²) in [4.78, 5) is 0. The highest BCUT2D eigenvalue weighted by Crippen LogP contribution is 2.36. The third-order valence-electron chi connectivity index (χ3n) is 4.12. The first-order chi connectivity index (χ1) is 14.4. The van der Waals surface area contributed by atoms with Gasteiger partial charge in [0.05, 0.1) is 10.7 Å². The Hall–Kier alpha value is -0.993. The molecule has 0 aliphatic heterocycles. The van der Waals surface area contributed by atoms with Crippen molar-refractivity contribution in [1.29, 1.82) is 0 Å². The van der Waals surface area contributed by atoms with Gasteiger partial charge in [-0.25, -0.2) is 0 Å². The fourth-order valence-corrected chi connectivity index (χ4v) is 6.17. The number of benzene rings is 2. The van der Waals surface area contributed by atoms with Crippen LogP contribution in [0.3, 0.4) is 0 Å². The second-order valence-corrected chi connectivity index (χ2v) is 10.3. The minimum absolute atomic E-state index is 0.435. The summed E-state index contributed by atoms with van der Waals surface area (Å²) in [6.07, 6.45) is 0.805. The normalized spacial score (nSPS) is 11.5. The van der Waals surface area contributed by atoms with Crippen LogP contribution in [0.1, 0.15) is 27.2 Å². The lowest BCUT2D eigenvalue weighted by atomic mass is 10.2. The smallest absolute Gasteiger partial charge is 0.454 e. The van der Waals surface area contributed by atoms with Crippen LogP contribution < -0.4 is 10.1 Å².